The van der Waals surface area contributed by atoms with Crippen LogP contribution in [0.25, 0.3) is 16.7 Å². The molecule has 4 rings (SSSR count). The first-order chi connectivity index (χ1) is 12.6. The van der Waals surface area contributed by atoms with Gasteiger partial charge in [-0.3, -0.25) is 4.79 Å². The van der Waals surface area contributed by atoms with E-state index in [0.717, 1.165) is 33.8 Å². The number of carbonyl (C=O) groups is 1. The molecule has 0 aliphatic carbocycles. The Bertz CT molecular complexity index is 1080. The van der Waals surface area contributed by atoms with E-state index in [1.165, 1.54) is 0 Å². The first-order valence-electron chi connectivity index (χ1n) is 8.40. The molecule has 1 N–H and O–H groups in total. The van der Waals surface area contributed by atoms with Crippen LogP contribution in [0.2, 0.25) is 0 Å². The lowest BCUT2D eigenvalue weighted by Crippen LogP contribution is -2.12. The minimum Gasteiger partial charge on any atom is -0.324 e. The van der Waals surface area contributed by atoms with Gasteiger partial charge in [0.25, 0.3) is 5.91 Å². The van der Waals surface area contributed by atoms with Crippen molar-refractivity contribution in [3.8, 4) is 5.69 Å². The summed E-state index contributed by atoms with van der Waals surface area (Å²) < 4.78 is 2.01. The average molecular weight is 342 g/mol. The molecule has 0 spiro atoms. The van der Waals surface area contributed by atoms with Crippen LogP contribution in [0.4, 0.5) is 5.69 Å². The average Bonchev–Trinajstić information content (AvgIpc) is 3.17. The molecule has 26 heavy (non-hydrogen) atoms. The van der Waals surface area contributed by atoms with Gasteiger partial charge in [0.2, 0.25) is 0 Å². The molecule has 0 bridgehead atoms. The van der Waals surface area contributed by atoms with E-state index in [1.54, 1.807) is 12.1 Å². The lowest BCUT2D eigenvalue weighted by Gasteiger charge is -2.08. The molecule has 0 aliphatic heterocycles. The first-order valence-corrected chi connectivity index (χ1v) is 8.40. The molecule has 0 saturated heterocycles. The van der Waals surface area contributed by atoms with Gasteiger partial charge in [-0.25, -0.2) is 9.97 Å². The standard InChI is InChI=1S/C21H18N4O/c1-14-15(2)23-20-13-16(5-10-19(20)22-14)21(26)24-17-6-8-18(9-7-17)25-11-3-4-12-25/h3-13H,1-2H3,(H,24,26). The number of carbonyl (C=O) groups excluding carboxylic acids is 1. The first kappa shape index (κ1) is 16.0. The Morgan fingerprint density at radius 1 is 0.885 bits per heavy atom. The second-order valence-electron chi connectivity index (χ2n) is 6.19. The maximum Gasteiger partial charge on any atom is 0.255 e. The molecule has 2 heterocycles. The van der Waals surface area contributed by atoms with Gasteiger partial charge < -0.3 is 9.88 Å². The Hall–Kier alpha value is -3.47. The van der Waals surface area contributed by atoms with Crippen molar-refractivity contribution in [1.82, 2.24) is 14.5 Å². The monoisotopic (exact) mass is 342 g/mol. The van der Waals surface area contributed by atoms with Crippen molar-refractivity contribution < 1.29 is 4.79 Å². The number of aryl methyl sites for hydroxylation is 2. The van der Waals surface area contributed by atoms with Crippen molar-refractivity contribution in [1.29, 1.82) is 0 Å². The zero-order chi connectivity index (χ0) is 18.1. The summed E-state index contributed by atoms with van der Waals surface area (Å²) in [6.07, 6.45) is 3.96. The number of amides is 1. The van der Waals surface area contributed by atoms with Crippen LogP contribution < -0.4 is 5.32 Å². The molecule has 0 fully saturated rings. The molecule has 2 aromatic heterocycles. The fourth-order valence-corrected chi connectivity index (χ4v) is 2.80. The Morgan fingerprint density at radius 2 is 1.54 bits per heavy atom. The summed E-state index contributed by atoms with van der Waals surface area (Å²) in [5.41, 5.74) is 5.64. The van der Waals surface area contributed by atoms with Gasteiger partial charge in [0.05, 0.1) is 22.4 Å². The van der Waals surface area contributed by atoms with Gasteiger partial charge in [0.15, 0.2) is 0 Å². The molecule has 0 aliphatic rings. The molecule has 0 radical (unpaired) electrons. The maximum atomic E-state index is 12.6. The fraction of sp³-hybridized carbons (Fsp3) is 0.0952. The van der Waals surface area contributed by atoms with Gasteiger partial charge >= 0.3 is 0 Å². The SMILES string of the molecule is Cc1nc2ccc(C(=O)Nc3ccc(-n4cccc4)cc3)cc2nc1C. The van der Waals surface area contributed by atoms with Crippen LogP contribution in [0.3, 0.4) is 0 Å². The normalized spacial score (nSPS) is 10.8. The number of aromatic nitrogens is 3. The molecule has 5 heteroatoms. The van der Waals surface area contributed by atoms with E-state index in [4.69, 9.17) is 0 Å². The molecular weight excluding hydrogens is 324 g/mol. The van der Waals surface area contributed by atoms with E-state index in [-0.39, 0.29) is 5.91 Å². The van der Waals surface area contributed by atoms with E-state index >= 15 is 0 Å². The summed E-state index contributed by atoms with van der Waals surface area (Å²) in [7, 11) is 0. The van der Waals surface area contributed by atoms with Crippen LogP contribution in [0.15, 0.2) is 67.0 Å². The summed E-state index contributed by atoms with van der Waals surface area (Å²) in [5, 5.41) is 2.93. The number of nitrogens with zero attached hydrogens (tertiary/aromatic N) is 3. The van der Waals surface area contributed by atoms with E-state index in [9.17, 15) is 4.79 Å². The van der Waals surface area contributed by atoms with Crippen LogP contribution in [-0.2, 0) is 0 Å². The van der Waals surface area contributed by atoms with Crippen molar-refractivity contribution in [2.24, 2.45) is 0 Å². The number of hydrogen-bond donors (Lipinski definition) is 1. The van der Waals surface area contributed by atoms with Crippen molar-refractivity contribution >= 4 is 22.6 Å². The van der Waals surface area contributed by atoms with Gasteiger partial charge in [0, 0.05) is 29.3 Å². The fourth-order valence-electron chi connectivity index (χ4n) is 2.80. The van der Waals surface area contributed by atoms with Gasteiger partial charge in [0.1, 0.15) is 0 Å². The number of anilines is 1. The third-order valence-electron chi connectivity index (χ3n) is 4.37. The van der Waals surface area contributed by atoms with Crippen LogP contribution >= 0.6 is 0 Å². The highest BCUT2D eigenvalue weighted by atomic mass is 16.1. The largest absolute Gasteiger partial charge is 0.324 e. The van der Waals surface area contributed by atoms with Gasteiger partial charge in [-0.1, -0.05) is 0 Å². The second kappa shape index (κ2) is 6.44. The number of benzene rings is 2. The zero-order valence-electron chi connectivity index (χ0n) is 14.6. The molecule has 5 nitrogen and oxygen atoms in total. The number of hydrogen-bond acceptors (Lipinski definition) is 3. The molecule has 128 valence electrons. The minimum absolute atomic E-state index is 0.166. The third-order valence-corrected chi connectivity index (χ3v) is 4.37. The highest BCUT2D eigenvalue weighted by Crippen LogP contribution is 2.17. The summed E-state index contributed by atoms with van der Waals surface area (Å²) in [6.45, 7) is 3.85. The smallest absolute Gasteiger partial charge is 0.255 e. The number of fused-ring (bicyclic) bond motifs is 1. The summed E-state index contributed by atoms with van der Waals surface area (Å²) >= 11 is 0. The highest BCUT2D eigenvalue weighted by molar-refractivity contribution is 6.05. The quantitative estimate of drug-likeness (QED) is 0.604. The summed E-state index contributed by atoms with van der Waals surface area (Å²) in [5.74, 6) is -0.166. The Labute approximate surface area is 151 Å². The molecule has 0 atom stereocenters. The molecule has 1 amide bonds. The summed E-state index contributed by atoms with van der Waals surface area (Å²) in [6, 6.07) is 17.0. The predicted octanol–water partition coefficient (Wildman–Crippen LogP) is 4.29. The highest BCUT2D eigenvalue weighted by Gasteiger charge is 2.09. The number of rotatable bonds is 3. The zero-order valence-corrected chi connectivity index (χ0v) is 14.6. The molecule has 4 aromatic rings. The van der Waals surface area contributed by atoms with Crippen LogP contribution in [0.5, 0.6) is 0 Å². The Balaban J connectivity index is 1.56. The maximum absolute atomic E-state index is 12.6. The lowest BCUT2D eigenvalue weighted by atomic mass is 10.1. The van der Waals surface area contributed by atoms with E-state index in [1.807, 2.05) is 73.3 Å². The van der Waals surface area contributed by atoms with Gasteiger partial charge in [-0.05, 0) is 68.4 Å². The van der Waals surface area contributed by atoms with E-state index in [2.05, 4.69) is 15.3 Å². The van der Waals surface area contributed by atoms with Crippen LogP contribution in [0, 0.1) is 13.8 Å². The lowest BCUT2D eigenvalue weighted by molar-refractivity contribution is 0.102. The molecule has 2 aromatic carbocycles. The van der Waals surface area contributed by atoms with Crippen molar-refractivity contribution in [2.75, 3.05) is 5.32 Å². The van der Waals surface area contributed by atoms with Crippen molar-refractivity contribution in [3.63, 3.8) is 0 Å². The van der Waals surface area contributed by atoms with Crippen molar-refractivity contribution in [3.05, 3.63) is 83.9 Å². The third kappa shape index (κ3) is 3.07. The Kier molecular flexibility index (Phi) is 3.97. The van der Waals surface area contributed by atoms with E-state index in [0.29, 0.717) is 5.56 Å². The topological polar surface area (TPSA) is 59.8 Å². The molecular formula is C21H18N4O. The summed E-state index contributed by atoms with van der Waals surface area (Å²) in [4.78, 5) is 21.6. The van der Waals surface area contributed by atoms with Gasteiger partial charge in [-0.15, -0.1) is 0 Å². The van der Waals surface area contributed by atoms with Crippen LogP contribution in [0.1, 0.15) is 21.7 Å². The number of nitrogens with one attached hydrogen (secondary N) is 1. The molecule has 0 unspecified atom stereocenters. The van der Waals surface area contributed by atoms with Gasteiger partial charge in [-0.2, -0.15) is 0 Å². The van der Waals surface area contributed by atoms with Crippen LogP contribution in [-0.4, -0.2) is 20.4 Å². The van der Waals surface area contributed by atoms with E-state index < -0.39 is 0 Å². The second-order valence-corrected chi connectivity index (χ2v) is 6.19. The molecule has 0 saturated carbocycles. The van der Waals surface area contributed by atoms with Crippen molar-refractivity contribution in [2.45, 2.75) is 13.8 Å². The Morgan fingerprint density at radius 3 is 2.23 bits per heavy atom. The predicted molar refractivity (Wildman–Crippen MR) is 103 cm³/mol. The minimum atomic E-state index is -0.166.